The Kier molecular flexibility index (Phi) is 4.09. The lowest BCUT2D eigenvalue weighted by atomic mass is 10.1. The van der Waals surface area contributed by atoms with E-state index < -0.39 is 10.0 Å². The maximum atomic E-state index is 12.8. The van der Waals surface area contributed by atoms with Crippen LogP contribution in [-0.2, 0) is 10.0 Å². The summed E-state index contributed by atoms with van der Waals surface area (Å²) in [4.78, 5) is 0.259. The molecule has 0 N–H and O–H groups in total. The van der Waals surface area contributed by atoms with Gasteiger partial charge in [0, 0.05) is 0 Å². The second-order valence-corrected chi connectivity index (χ2v) is 6.76. The molecule has 0 aliphatic heterocycles. The second kappa shape index (κ2) is 5.52. The molecule has 0 spiro atoms. The van der Waals surface area contributed by atoms with Crippen molar-refractivity contribution in [1.82, 2.24) is 9.19 Å². The Hall–Kier alpha value is -1.82. The number of ether oxygens (including phenoxy) is 1. The highest BCUT2D eigenvalue weighted by Gasteiger charge is 2.24. The summed E-state index contributed by atoms with van der Waals surface area (Å²) >= 11 is 0. The molecule has 114 valence electrons. The first-order valence-electron chi connectivity index (χ1n) is 6.81. The summed E-state index contributed by atoms with van der Waals surface area (Å²) in [5.74, 6) is 0.710. The van der Waals surface area contributed by atoms with Gasteiger partial charge in [0.05, 0.1) is 22.9 Å². The van der Waals surface area contributed by atoms with E-state index in [9.17, 15) is 8.42 Å². The smallest absolute Gasteiger partial charge is 0.283 e. The average Bonchev–Trinajstić information content (AvgIpc) is 2.75. The van der Waals surface area contributed by atoms with Crippen molar-refractivity contribution >= 4 is 10.0 Å². The summed E-state index contributed by atoms with van der Waals surface area (Å²) in [5, 5.41) is 4.09. The SMILES string of the molecule is CCOc1ccc(S(=O)(=O)n2nc(C)cc2C)c(C)c1C. The molecule has 5 nitrogen and oxygen atoms in total. The highest BCUT2D eigenvalue weighted by atomic mass is 32.2. The Morgan fingerprint density at radius 1 is 1.14 bits per heavy atom. The van der Waals surface area contributed by atoms with Gasteiger partial charge in [0.25, 0.3) is 10.0 Å². The van der Waals surface area contributed by atoms with E-state index in [-0.39, 0.29) is 4.90 Å². The number of nitrogens with zero attached hydrogens (tertiary/aromatic N) is 2. The highest BCUT2D eigenvalue weighted by Crippen LogP contribution is 2.28. The molecule has 0 aliphatic rings. The van der Waals surface area contributed by atoms with Gasteiger partial charge in [-0.3, -0.25) is 0 Å². The van der Waals surface area contributed by atoms with Gasteiger partial charge in [-0.2, -0.15) is 17.6 Å². The molecule has 0 unspecified atom stereocenters. The first-order chi connectivity index (χ1) is 9.78. The van der Waals surface area contributed by atoms with Gasteiger partial charge in [-0.1, -0.05) is 0 Å². The molecule has 0 amide bonds. The predicted molar refractivity (Wildman–Crippen MR) is 81.4 cm³/mol. The van der Waals surface area contributed by atoms with E-state index in [1.54, 1.807) is 39.0 Å². The van der Waals surface area contributed by atoms with Crippen LogP contribution >= 0.6 is 0 Å². The molecule has 0 aliphatic carbocycles. The molecule has 0 saturated carbocycles. The molecule has 0 bridgehead atoms. The lowest BCUT2D eigenvalue weighted by Crippen LogP contribution is -2.17. The first-order valence-corrected chi connectivity index (χ1v) is 8.25. The van der Waals surface area contributed by atoms with E-state index in [0.717, 1.165) is 9.65 Å². The van der Waals surface area contributed by atoms with Gasteiger partial charge < -0.3 is 4.74 Å². The van der Waals surface area contributed by atoms with Gasteiger partial charge in [0.2, 0.25) is 0 Å². The van der Waals surface area contributed by atoms with E-state index in [0.29, 0.717) is 29.3 Å². The third-order valence-corrected chi connectivity index (χ3v) is 5.28. The number of rotatable bonds is 4. The fraction of sp³-hybridized carbons (Fsp3) is 0.400. The van der Waals surface area contributed by atoms with Crippen LogP contribution in [0.25, 0.3) is 0 Å². The van der Waals surface area contributed by atoms with Crippen LogP contribution in [0.3, 0.4) is 0 Å². The van der Waals surface area contributed by atoms with E-state index in [2.05, 4.69) is 5.10 Å². The molecular formula is C15H20N2O3S. The van der Waals surface area contributed by atoms with Gasteiger partial charge in [0.1, 0.15) is 5.75 Å². The van der Waals surface area contributed by atoms with Crippen molar-refractivity contribution in [3.05, 3.63) is 40.7 Å². The largest absolute Gasteiger partial charge is 0.494 e. The lowest BCUT2D eigenvalue weighted by molar-refractivity contribution is 0.337. The summed E-state index contributed by atoms with van der Waals surface area (Å²) in [7, 11) is -3.68. The van der Waals surface area contributed by atoms with Gasteiger partial charge in [-0.15, -0.1) is 0 Å². The zero-order chi connectivity index (χ0) is 15.8. The van der Waals surface area contributed by atoms with Crippen LogP contribution in [0.2, 0.25) is 0 Å². The fourth-order valence-electron chi connectivity index (χ4n) is 2.31. The number of benzene rings is 1. The molecule has 0 fully saturated rings. The maximum Gasteiger partial charge on any atom is 0.283 e. The van der Waals surface area contributed by atoms with Crippen LogP contribution in [0.15, 0.2) is 23.1 Å². The molecule has 1 aromatic carbocycles. The number of hydrogen-bond donors (Lipinski definition) is 0. The minimum absolute atomic E-state index is 0.259. The number of aryl methyl sites for hydroxylation is 2. The minimum atomic E-state index is -3.68. The van der Waals surface area contributed by atoms with Gasteiger partial charge >= 0.3 is 0 Å². The molecule has 0 radical (unpaired) electrons. The molecule has 6 heteroatoms. The third-order valence-electron chi connectivity index (χ3n) is 3.46. The molecule has 1 heterocycles. The van der Waals surface area contributed by atoms with E-state index in [1.165, 1.54) is 0 Å². The van der Waals surface area contributed by atoms with E-state index in [1.807, 2.05) is 13.8 Å². The Bertz CT molecular complexity index is 776. The fourth-order valence-corrected chi connectivity index (χ4v) is 3.94. The number of aromatic nitrogens is 2. The van der Waals surface area contributed by atoms with Crippen molar-refractivity contribution in [3.63, 3.8) is 0 Å². The van der Waals surface area contributed by atoms with Crippen LogP contribution in [0.4, 0.5) is 0 Å². The van der Waals surface area contributed by atoms with Crippen molar-refractivity contribution in [2.24, 2.45) is 0 Å². The Morgan fingerprint density at radius 3 is 2.33 bits per heavy atom. The number of hydrogen-bond acceptors (Lipinski definition) is 4. The molecular weight excluding hydrogens is 288 g/mol. The minimum Gasteiger partial charge on any atom is -0.494 e. The van der Waals surface area contributed by atoms with Crippen molar-refractivity contribution in [3.8, 4) is 5.75 Å². The third kappa shape index (κ3) is 2.68. The summed E-state index contributed by atoms with van der Waals surface area (Å²) in [5.41, 5.74) is 2.79. The molecule has 21 heavy (non-hydrogen) atoms. The van der Waals surface area contributed by atoms with Crippen LogP contribution in [0, 0.1) is 27.7 Å². The monoisotopic (exact) mass is 308 g/mol. The van der Waals surface area contributed by atoms with Crippen LogP contribution in [0.1, 0.15) is 29.4 Å². The zero-order valence-electron chi connectivity index (χ0n) is 13.0. The van der Waals surface area contributed by atoms with Crippen molar-refractivity contribution in [1.29, 1.82) is 0 Å². The summed E-state index contributed by atoms with van der Waals surface area (Å²) in [6.45, 7) is 9.60. The summed E-state index contributed by atoms with van der Waals surface area (Å²) < 4.78 is 32.1. The summed E-state index contributed by atoms with van der Waals surface area (Å²) in [6, 6.07) is 5.03. The Morgan fingerprint density at radius 2 is 1.81 bits per heavy atom. The topological polar surface area (TPSA) is 61.2 Å². The lowest BCUT2D eigenvalue weighted by Gasteiger charge is -2.14. The Balaban J connectivity index is 2.61. The quantitative estimate of drug-likeness (QED) is 0.871. The molecule has 2 rings (SSSR count). The van der Waals surface area contributed by atoms with Crippen molar-refractivity contribution in [2.75, 3.05) is 6.61 Å². The van der Waals surface area contributed by atoms with Crippen molar-refractivity contribution in [2.45, 2.75) is 39.5 Å². The van der Waals surface area contributed by atoms with Crippen LogP contribution < -0.4 is 4.74 Å². The summed E-state index contributed by atoms with van der Waals surface area (Å²) in [6.07, 6.45) is 0. The maximum absolute atomic E-state index is 12.8. The van der Waals surface area contributed by atoms with Gasteiger partial charge in [-0.25, -0.2) is 0 Å². The highest BCUT2D eigenvalue weighted by molar-refractivity contribution is 7.90. The zero-order valence-corrected chi connectivity index (χ0v) is 13.8. The predicted octanol–water partition coefficient (Wildman–Crippen LogP) is 2.75. The first kappa shape index (κ1) is 15.6. The normalized spacial score (nSPS) is 11.7. The Labute approximate surface area is 125 Å². The van der Waals surface area contributed by atoms with Crippen LogP contribution in [0.5, 0.6) is 5.75 Å². The molecule has 2 aromatic rings. The van der Waals surface area contributed by atoms with Crippen LogP contribution in [-0.4, -0.2) is 24.2 Å². The van der Waals surface area contributed by atoms with Gasteiger partial charge in [-0.05, 0) is 63.9 Å². The molecule has 0 saturated heterocycles. The van der Waals surface area contributed by atoms with Gasteiger partial charge in [0.15, 0.2) is 0 Å². The van der Waals surface area contributed by atoms with E-state index >= 15 is 0 Å². The average molecular weight is 308 g/mol. The second-order valence-electron chi connectivity index (χ2n) is 5.02. The van der Waals surface area contributed by atoms with E-state index in [4.69, 9.17) is 4.74 Å². The standard InChI is InChI=1S/C15H20N2O3S/c1-6-20-14-7-8-15(13(5)12(14)4)21(18,19)17-11(3)9-10(2)16-17/h7-9H,6H2,1-5H3. The van der Waals surface area contributed by atoms with Crippen molar-refractivity contribution < 1.29 is 13.2 Å². The molecule has 1 aromatic heterocycles. The molecule has 0 atom stereocenters.